The van der Waals surface area contributed by atoms with Gasteiger partial charge in [0.2, 0.25) is 0 Å². The maximum absolute atomic E-state index is 9.96. The monoisotopic (exact) mass is 215 g/mol. The Morgan fingerprint density at radius 3 is 3.06 bits per heavy atom. The van der Waals surface area contributed by atoms with E-state index in [0.29, 0.717) is 24.2 Å². The second-order valence-corrected chi connectivity index (χ2v) is 3.40. The van der Waals surface area contributed by atoms with Crippen molar-refractivity contribution in [3.05, 3.63) is 36.0 Å². The van der Waals surface area contributed by atoms with E-state index in [1.807, 2.05) is 24.3 Å². The highest BCUT2D eigenvalue weighted by molar-refractivity contribution is 5.94. The Bertz CT molecular complexity index is 523. The van der Waals surface area contributed by atoms with Gasteiger partial charge in [0.1, 0.15) is 5.52 Å². The lowest BCUT2D eigenvalue weighted by atomic mass is 10.1. The Labute approximate surface area is 93.5 Å². The van der Waals surface area contributed by atoms with Crippen LogP contribution in [0.4, 0.5) is 0 Å². The molecular weight excluding hydrogens is 202 g/mol. The molecule has 0 saturated heterocycles. The number of phenols is 1. The second kappa shape index (κ2) is 4.72. The highest BCUT2D eigenvalue weighted by Crippen LogP contribution is 2.25. The van der Waals surface area contributed by atoms with E-state index < -0.39 is 0 Å². The van der Waals surface area contributed by atoms with E-state index in [9.17, 15) is 5.11 Å². The maximum Gasteiger partial charge on any atom is 0.150 e. The summed E-state index contributed by atoms with van der Waals surface area (Å²) in [6.45, 7) is 1.06. The number of nitrogens with two attached hydrogens (primary N) is 1. The third-order valence-electron chi connectivity index (χ3n) is 2.27. The van der Waals surface area contributed by atoms with Crippen LogP contribution in [0.1, 0.15) is 5.56 Å². The number of benzene rings is 1. The van der Waals surface area contributed by atoms with Gasteiger partial charge in [-0.15, -0.1) is 0 Å². The quantitative estimate of drug-likeness (QED) is 0.758. The summed E-state index contributed by atoms with van der Waals surface area (Å²) in [5.41, 5.74) is 6.60. The largest absolute Gasteiger partial charge is 0.505 e. The number of aliphatic imine (C=N–C) groups is 1. The summed E-state index contributed by atoms with van der Waals surface area (Å²) in [5.74, 6) is 0.166. The summed E-state index contributed by atoms with van der Waals surface area (Å²) in [4.78, 5) is 8.22. The van der Waals surface area contributed by atoms with E-state index >= 15 is 0 Å². The van der Waals surface area contributed by atoms with Gasteiger partial charge < -0.3 is 10.8 Å². The van der Waals surface area contributed by atoms with Gasteiger partial charge >= 0.3 is 0 Å². The Hall–Kier alpha value is -1.94. The van der Waals surface area contributed by atoms with Crippen molar-refractivity contribution in [2.45, 2.75) is 0 Å². The fourth-order valence-corrected chi connectivity index (χ4v) is 1.49. The van der Waals surface area contributed by atoms with E-state index in [1.165, 1.54) is 0 Å². The molecule has 2 rings (SSSR count). The van der Waals surface area contributed by atoms with Crippen LogP contribution >= 0.6 is 0 Å². The first-order valence-electron chi connectivity index (χ1n) is 5.09. The third-order valence-corrected chi connectivity index (χ3v) is 2.27. The minimum atomic E-state index is 0.166. The summed E-state index contributed by atoms with van der Waals surface area (Å²) in [6, 6.07) is 7.47. The molecule has 0 aliphatic heterocycles. The van der Waals surface area contributed by atoms with Gasteiger partial charge in [0, 0.05) is 29.9 Å². The molecule has 0 bridgehead atoms. The topological polar surface area (TPSA) is 71.5 Å². The van der Waals surface area contributed by atoms with Crippen molar-refractivity contribution in [1.82, 2.24) is 4.98 Å². The zero-order chi connectivity index (χ0) is 11.4. The molecule has 0 aliphatic carbocycles. The van der Waals surface area contributed by atoms with E-state index in [0.717, 1.165) is 5.39 Å². The molecule has 0 amide bonds. The van der Waals surface area contributed by atoms with Crippen LogP contribution in [0.5, 0.6) is 5.75 Å². The van der Waals surface area contributed by atoms with Gasteiger partial charge in [-0.25, -0.2) is 0 Å². The van der Waals surface area contributed by atoms with Crippen LogP contribution < -0.4 is 5.73 Å². The van der Waals surface area contributed by atoms with Gasteiger partial charge in [-0.2, -0.15) is 0 Å². The molecule has 1 aromatic heterocycles. The number of aromatic nitrogens is 1. The Kier molecular flexibility index (Phi) is 3.12. The molecular formula is C12H13N3O. The van der Waals surface area contributed by atoms with Crippen LogP contribution in [-0.2, 0) is 0 Å². The molecule has 4 nitrogen and oxygen atoms in total. The smallest absolute Gasteiger partial charge is 0.150 e. The number of hydrogen-bond donors (Lipinski definition) is 2. The second-order valence-electron chi connectivity index (χ2n) is 3.40. The molecule has 4 heteroatoms. The molecule has 0 saturated carbocycles. The highest BCUT2D eigenvalue weighted by atomic mass is 16.3. The lowest BCUT2D eigenvalue weighted by Crippen LogP contribution is -2.02. The van der Waals surface area contributed by atoms with E-state index in [1.54, 1.807) is 12.4 Å². The van der Waals surface area contributed by atoms with E-state index in [4.69, 9.17) is 5.73 Å². The van der Waals surface area contributed by atoms with Gasteiger partial charge in [0.15, 0.2) is 5.75 Å². The first kappa shape index (κ1) is 10.6. The number of fused-ring (bicyclic) bond motifs is 1. The maximum atomic E-state index is 9.96. The number of hydrogen-bond acceptors (Lipinski definition) is 4. The first-order chi connectivity index (χ1) is 7.83. The number of nitrogens with zero attached hydrogens (tertiary/aromatic N) is 2. The van der Waals surface area contributed by atoms with Crippen LogP contribution in [0.3, 0.4) is 0 Å². The van der Waals surface area contributed by atoms with Gasteiger partial charge in [0.05, 0.1) is 6.54 Å². The van der Waals surface area contributed by atoms with Crippen LogP contribution in [0.2, 0.25) is 0 Å². The SMILES string of the molecule is NCCN=Cc1ccc2cccnc2c1O. The molecule has 0 spiro atoms. The minimum absolute atomic E-state index is 0.166. The Morgan fingerprint density at radius 1 is 1.38 bits per heavy atom. The molecule has 0 unspecified atom stereocenters. The fraction of sp³-hybridized carbons (Fsp3) is 0.167. The Balaban J connectivity index is 2.44. The van der Waals surface area contributed by atoms with Crippen molar-refractivity contribution in [1.29, 1.82) is 0 Å². The first-order valence-corrected chi connectivity index (χ1v) is 5.09. The Morgan fingerprint density at radius 2 is 2.25 bits per heavy atom. The summed E-state index contributed by atoms with van der Waals surface area (Å²) >= 11 is 0. The number of phenolic OH excluding ortho intramolecular Hbond substituents is 1. The van der Waals surface area contributed by atoms with Crippen LogP contribution in [0.15, 0.2) is 35.5 Å². The van der Waals surface area contributed by atoms with Gasteiger partial charge in [-0.1, -0.05) is 12.1 Å². The van der Waals surface area contributed by atoms with Crippen molar-refractivity contribution in [3.63, 3.8) is 0 Å². The third kappa shape index (κ3) is 2.01. The van der Waals surface area contributed by atoms with Gasteiger partial charge in [-0.3, -0.25) is 9.98 Å². The van der Waals surface area contributed by atoms with E-state index in [-0.39, 0.29) is 5.75 Å². The normalized spacial score (nSPS) is 11.3. The fourth-order valence-electron chi connectivity index (χ4n) is 1.49. The van der Waals surface area contributed by atoms with Crippen LogP contribution in [0.25, 0.3) is 10.9 Å². The zero-order valence-corrected chi connectivity index (χ0v) is 8.80. The predicted molar refractivity (Wildman–Crippen MR) is 64.9 cm³/mol. The van der Waals surface area contributed by atoms with Crippen molar-refractivity contribution < 1.29 is 5.11 Å². The average molecular weight is 215 g/mol. The lowest BCUT2D eigenvalue weighted by Gasteiger charge is -2.02. The average Bonchev–Trinajstić information content (AvgIpc) is 2.33. The molecule has 0 aliphatic rings. The van der Waals surface area contributed by atoms with Gasteiger partial charge in [0.25, 0.3) is 0 Å². The molecule has 3 N–H and O–H groups in total. The summed E-state index contributed by atoms with van der Waals surface area (Å²) in [6.07, 6.45) is 3.28. The molecule has 1 heterocycles. The lowest BCUT2D eigenvalue weighted by molar-refractivity contribution is 0.479. The number of rotatable bonds is 3. The van der Waals surface area contributed by atoms with Crippen molar-refractivity contribution >= 4 is 17.1 Å². The molecule has 2 aromatic rings. The molecule has 0 radical (unpaired) electrons. The highest BCUT2D eigenvalue weighted by Gasteiger charge is 2.04. The van der Waals surface area contributed by atoms with Crippen LogP contribution in [0, 0.1) is 0 Å². The summed E-state index contributed by atoms with van der Waals surface area (Å²) in [5, 5.41) is 10.9. The van der Waals surface area contributed by atoms with Crippen molar-refractivity contribution in [3.8, 4) is 5.75 Å². The predicted octanol–water partition coefficient (Wildman–Crippen LogP) is 1.32. The number of aromatic hydroxyl groups is 1. The molecule has 0 atom stereocenters. The molecule has 82 valence electrons. The molecule has 16 heavy (non-hydrogen) atoms. The van der Waals surface area contributed by atoms with E-state index in [2.05, 4.69) is 9.98 Å². The summed E-state index contributed by atoms with van der Waals surface area (Å²) < 4.78 is 0. The molecule has 1 aromatic carbocycles. The van der Waals surface area contributed by atoms with Crippen LogP contribution in [-0.4, -0.2) is 29.4 Å². The van der Waals surface area contributed by atoms with Crippen molar-refractivity contribution in [2.24, 2.45) is 10.7 Å². The minimum Gasteiger partial charge on any atom is -0.505 e. The molecule has 0 fully saturated rings. The van der Waals surface area contributed by atoms with Gasteiger partial charge in [-0.05, 0) is 12.1 Å². The van der Waals surface area contributed by atoms with Crippen molar-refractivity contribution in [2.75, 3.05) is 13.1 Å². The standard InChI is InChI=1S/C12H13N3O/c13-5-7-14-8-10-4-3-9-2-1-6-15-11(9)12(10)16/h1-4,6,8,16H,5,7,13H2. The zero-order valence-electron chi connectivity index (χ0n) is 8.80. The number of pyridine rings is 1. The summed E-state index contributed by atoms with van der Waals surface area (Å²) in [7, 11) is 0.